The number of benzene rings is 1. The molecule has 1 aromatic carbocycles. The second kappa shape index (κ2) is 7.65. The van der Waals surface area contributed by atoms with Crippen LogP contribution in [0.2, 0.25) is 0 Å². The number of thioether (sulfide) groups is 1. The number of hydrogen-bond acceptors (Lipinski definition) is 5. The normalized spacial score (nSPS) is 16.3. The second-order valence-corrected chi connectivity index (χ2v) is 6.57. The molecule has 22 heavy (non-hydrogen) atoms. The van der Waals surface area contributed by atoms with Gasteiger partial charge in [0.25, 0.3) is 0 Å². The van der Waals surface area contributed by atoms with Crippen molar-refractivity contribution in [2.45, 2.75) is 37.0 Å². The molecule has 6 heteroatoms. The number of rotatable bonds is 6. The molecule has 0 saturated heterocycles. The summed E-state index contributed by atoms with van der Waals surface area (Å²) in [5, 5.41) is 2.91. The van der Waals surface area contributed by atoms with Crippen LogP contribution < -0.4 is 11.1 Å². The van der Waals surface area contributed by atoms with E-state index in [4.69, 9.17) is 5.73 Å². The Morgan fingerprint density at radius 1 is 1.36 bits per heavy atom. The minimum Gasteiger partial charge on any atom is -0.468 e. The van der Waals surface area contributed by atoms with E-state index in [2.05, 4.69) is 10.1 Å². The van der Waals surface area contributed by atoms with E-state index in [-0.39, 0.29) is 11.9 Å². The van der Waals surface area contributed by atoms with E-state index in [0.717, 1.165) is 36.9 Å². The van der Waals surface area contributed by atoms with Crippen LogP contribution in [0.25, 0.3) is 0 Å². The lowest BCUT2D eigenvalue weighted by atomic mass is 9.98. The molecule has 0 unspecified atom stereocenters. The summed E-state index contributed by atoms with van der Waals surface area (Å²) in [7, 11) is 1.38. The Bertz CT molecular complexity index is 542. The summed E-state index contributed by atoms with van der Waals surface area (Å²) in [5.74, 6) is 0.663. The first-order valence-corrected chi connectivity index (χ1v) is 8.53. The first-order valence-electron chi connectivity index (χ1n) is 7.37. The Labute approximate surface area is 135 Å². The fourth-order valence-corrected chi connectivity index (χ4v) is 3.34. The van der Waals surface area contributed by atoms with Crippen molar-refractivity contribution < 1.29 is 14.3 Å². The molecule has 0 heterocycles. The molecule has 0 radical (unpaired) electrons. The summed E-state index contributed by atoms with van der Waals surface area (Å²) >= 11 is 1.48. The number of nitrogens with two attached hydrogens (primary N) is 1. The third-order valence-electron chi connectivity index (χ3n) is 3.85. The van der Waals surface area contributed by atoms with Crippen LogP contribution in [0.4, 0.5) is 5.69 Å². The van der Waals surface area contributed by atoms with Gasteiger partial charge >= 0.3 is 5.97 Å². The molecule has 1 aliphatic rings. The quantitative estimate of drug-likeness (QED) is 0.786. The van der Waals surface area contributed by atoms with E-state index in [9.17, 15) is 9.59 Å². The van der Waals surface area contributed by atoms with Crippen LogP contribution in [0.1, 0.15) is 31.2 Å². The number of carbonyl (C=O) groups excluding carboxylic acids is 2. The molecule has 1 aromatic rings. The van der Waals surface area contributed by atoms with Crippen molar-refractivity contribution in [2.75, 3.05) is 18.2 Å². The van der Waals surface area contributed by atoms with Crippen LogP contribution in [0.15, 0.2) is 24.3 Å². The van der Waals surface area contributed by atoms with Crippen molar-refractivity contribution in [2.24, 2.45) is 5.73 Å². The average molecular weight is 322 g/mol. The Balaban J connectivity index is 1.91. The highest BCUT2D eigenvalue weighted by atomic mass is 32.2. The second-order valence-electron chi connectivity index (χ2n) is 5.59. The highest BCUT2D eigenvalue weighted by Gasteiger charge is 2.36. The number of esters is 1. The van der Waals surface area contributed by atoms with E-state index in [1.54, 1.807) is 0 Å². The number of ether oxygens (including phenoxy) is 1. The Morgan fingerprint density at radius 2 is 2.09 bits per heavy atom. The minimum atomic E-state index is -0.727. The summed E-state index contributed by atoms with van der Waals surface area (Å²) in [4.78, 5) is 23.4. The molecule has 1 aliphatic carbocycles. The van der Waals surface area contributed by atoms with Gasteiger partial charge < -0.3 is 15.8 Å². The van der Waals surface area contributed by atoms with Gasteiger partial charge in [-0.25, -0.2) is 0 Å². The molecule has 1 saturated carbocycles. The Kier molecular flexibility index (Phi) is 5.85. The molecular formula is C16H22N2O3S. The van der Waals surface area contributed by atoms with E-state index in [1.807, 2.05) is 24.3 Å². The van der Waals surface area contributed by atoms with Gasteiger partial charge in [-0.15, -0.1) is 11.8 Å². The van der Waals surface area contributed by atoms with Gasteiger partial charge in [0.15, 0.2) is 0 Å². The predicted molar refractivity (Wildman–Crippen MR) is 88.6 cm³/mol. The van der Waals surface area contributed by atoms with Gasteiger partial charge in [0.05, 0.1) is 18.4 Å². The van der Waals surface area contributed by atoms with E-state index in [0.29, 0.717) is 11.5 Å². The van der Waals surface area contributed by atoms with Crippen LogP contribution in [0.3, 0.4) is 0 Å². The zero-order valence-electron chi connectivity index (χ0n) is 12.8. The maximum Gasteiger partial charge on any atom is 0.315 e. The minimum absolute atomic E-state index is 0.107. The summed E-state index contributed by atoms with van der Waals surface area (Å²) in [6.07, 6.45) is 3.50. The van der Waals surface area contributed by atoms with Gasteiger partial charge in [-0.3, -0.25) is 9.59 Å². The number of carbonyl (C=O) groups is 2. The Morgan fingerprint density at radius 3 is 2.77 bits per heavy atom. The number of hydrogen-bond donors (Lipinski definition) is 2. The zero-order valence-corrected chi connectivity index (χ0v) is 13.6. The first-order chi connectivity index (χ1) is 10.5. The standard InChI is InChI=1S/C16H22N2O3S/c1-21-14(19)11-22-10-12-5-4-6-13(9-12)18-15(20)16(17)7-2-3-8-16/h4-6,9H,2-3,7-8,10-11,17H2,1H3,(H,18,20). The molecule has 1 amide bonds. The average Bonchev–Trinajstić information content (AvgIpc) is 2.95. The number of anilines is 1. The third kappa shape index (κ3) is 4.48. The maximum atomic E-state index is 12.3. The first kappa shape index (κ1) is 16.8. The molecule has 0 atom stereocenters. The van der Waals surface area contributed by atoms with Gasteiger partial charge in [0, 0.05) is 11.4 Å². The molecule has 0 spiro atoms. The predicted octanol–water partition coefficient (Wildman–Crippen LogP) is 2.30. The molecule has 5 nitrogen and oxygen atoms in total. The fraction of sp³-hybridized carbons (Fsp3) is 0.500. The van der Waals surface area contributed by atoms with Gasteiger partial charge in [0.1, 0.15) is 0 Å². The summed E-state index contributed by atoms with van der Waals surface area (Å²) in [6, 6.07) is 7.63. The smallest absolute Gasteiger partial charge is 0.315 e. The van der Waals surface area contributed by atoms with Crippen molar-refractivity contribution >= 4 is 29.3 Å². The lowest BCUT2D eigenvalue weighted by Gasteiger charge is -2.22. The molecule has 2 rings (SSSR count). The Hall–Kier alpha value is -1.53. The van der Waals surface area contributed by atoms with Gasteiger partial charge in [-0.05, 0) is 30.5 Å². The highest BCUT2D eigenvalue weighted by molar-refractivity contribution is 7.99. The molecular weight excluding hydrogens is 300 g/mol. The lowest BCUT2D eigenvalue weighted by molar-refractivity contribution is -0.137. The maximum absolute atomic E-state index is 12.3. The zero-order chi connectivity index (χ0) is 16.0. The number of nitrogens with one attached hydrogen (secondary N) is 1. The van der Waals surface area contributed by atoms with Gasteiger partial charge in [0.2, 0.25) is 5.91 Å². The number of amides is 1. The van der Waals surface area contributed by atoms with Gasteiger partial charge in [-0.1, -0.05) is 25.0 Å². The SMILES string of the molecule is COC(=O)CSCc1cccc(NC(=O)C2(N)CCCC2)c1. The topological polar surface area (TPSA) is 81.4 Å². The lowest BCUT2D eigenvalue weighted by Crippen LogP contribution is -2.48. The molecule has 120 valence electrons. The number of methoxy groups -OCH3 is 1. The highest BCUT2D eigenvalue weighted by Crippen LogP contribution is 2.28. The van der Waals surface area contributed by atoms with E-state index < -0.39 is 5.54 Å². The third-order valence-corrected chi connectivity index (χ3v) is 4.83. The van der Waals surface area contributed by atoms with Crippen LogP contribution in [-0.4, -0.2) is 30.3 Å². The van der Waals surface area contributed by atoms with Gasteiger partial charge in [-0.2, -0.15) is 0 Å². The summed E-state index contributed by atoms with van der Waals surface area (Å²) in [6.45, 7) is 0. The van der Waals surface area contributed by atoms with Crippen LogP contribution in [-0.2, 0) is 20.1 Å². The van der Waals surface area contributed by atoms with Crippen LogP contribution in [0, 0.1) is 0 Å². The van der Waals surface area contributed by atoms with E-state index >= 15 is 0 Å². The summed E-state index contributed by atoms with van der Waals surface area (Å²) in [5.41, 5.74) is 7.22. The van der Waals surface area contributed by atoms with Crippen LogP contribution >= 0.6 is 11.8 Å². The molecule has 0 aromatic heterocycles. The van der Waals surface area contributed by atoms with Crippen molar-refractivity contribution in [3.63, 3.8) is 0 Å². The summed E-state index contributed by atoms with van der Waals surface area (Å²) < 4.78 is 4.60. The molecule has 3 N–H and O–H groups in total. The molecule has 0 aliphatic heterocycles. The van der Waals surface area contributed by atoms with Crippen molar-refractivity contribution in [1.82, 2.24) is 0 Å². The van der Waals surface area contributed by atoms with Crippen molar-refractivity contribution in [1.29, 1.82) is 0 Å². The largest absolute Gasteiger partial charge is 0.468 e. The molecule has 1 fully saturated rings. The van der Waals surface area contributed by atoms with Crippen molar-refractivity contribution in [3.05, 3.63) is 29.8 Å². The van der Waals surface area contributed by atoms with Crippen molar-refractivity contribution in [3.8, 4) is 0 Å². The molecule has 0 bridgehead atoms. The van der Waals surface area contributed by atoms with E-state index in [1.165, 1.54) is 18.9 Å². The monoisotopic (exact) mass is 322 g/mol. The van der Waals surface area contributed by atoms with Crippen LogP contribution in [0.5, 0.6) is 0 Å². The fourth-order valence-electron chi connectivity index (χ4n) is 2.54.